The zero-order chi connectivity index (χ0) is 17.6. The lowest BCUT2D eigenvalue weighted by molar-refractivity contribution is 0.0632. The molecule has 1 amide bonds. The molecule has 0 saturated carbocycles. The highest BCUT2D eigenvalue weighted by Gasteiger charge is 2.25. The number of ether oxygens (including phenoxy) is 1. The van der Waals surface area contributed by atoms with Crippen LogP contribution in [0.4, 0.5) is 0 Å². The van der Waals surface area contributed by atoms with Crippen molar-refractivity contribution in [3.63, 3.8) is 0 Å². The lowest BCUT2D eigenvalue weighted by Gasteiger charge is -2.32. The third-order valence-electron chi connectivity index (χ3n) is 4.64. The first-order valence-electron chi connectivity index (χ1n) is 8.96. The van der Waals surface area contributed by atoms with Crippen molar-refractivity contribution in [2.45, 2.75) is 33.1 Å². The molecule has 0 radical (unpaired) electrons. The molecular formula is C20H25N3O2. The smallest absolute Gasteiger partial charge is 0.257 e. The molecule has 0 aliphatic carbocycles. The predicted octanol–water partition coefficient (Wildman–Crippen LogP) is 3.28. The molecule has 1 aromatic carbocycles. The predicted molar refractivity (Wildman–Crippen MR) is 96.7 cm³/mol. The van der Waals surface area contributed by atoms with Crippen molar-refractivity contribution in [2.24, 2.45) is 5.92 Å². The number of aromatic nitrogens is 2. The van der Waals surface area contributed by atoms with Gasteiger partial charge < -0.3 is 9.64 Å². The van der Waals surface area contributed by atoms with Gasteiger partial charge in [0.1, 0.15) is 11.6 Å². The van der Waals surface area contributed by atoms with Gasteiger partial charge in [0.15, 0.2) is 0 Å². The van der Waals surface area contributed by atoms with Crippen molar-refractivity contribution in [3.8, 4) is 5.75 Å². The fourth-order valence-corrected chi connectivity index (χ4v) is 3.14. The van der Waals surface area contributed by atoms with Crippen molar-refractivity contribution in [1.82, 2.24) is 14.9 Å². The van der Waals surface area contributed by atoms with Crippen LogP contribution in [-0.2, 0) is 6.42 Å². The van der Waals surface area contributed by atoms with Crippen molar-refractivity contribution in [1.29, 1.82) is 0 Å². The topological polar surface area (TPSA) is 55.3 Å². The first kappa shape index (κ1) is 17.4. The normalized spacial score (nSPS) is 17.4. The summed E-state index contributed by atoms with van der Waals surface area (Å²) in [6.07, 6.45) is 6.14. The van der Waals surface area contributed by atoms with Crippen LogP contribution >= 0.6 is 0 Å². The van der Waals surface area contributed by atoms with E-state index < -0.39 is 0 Å². The van der Waals surface area contributed by atoms with Gasteiger partial charge in [0.25, 0.3) is 5.91 Å². The Morgan fingerprint density at radius 1 is 1.28 bits per heavy atom. The van der Waals surface area contributed by atoms with E-state index >= 15 is 0 Å². The second-order valence-corrected chi connectivity index (χ2v) is 6.58. The molecule has 3 rings (SSSR count). The second-order valence-electron chi connectivity index (χ2n) is 6.58. The molecule has 1 aliphatic rings. The van der Waals surface area contributed by atoms with E-state index in [0.29, 0.717) is 18.1 Å². The van der Waals surface area contributed by atoms with E-state index in [1.54, 1.807) is 12.4 Å². The summed E-state index contributed by atoms with van der Waals surface area (Å²) in [5.74, 6) is 2.06. The highest BCUT2D eigenvalue weighted by molar-refractivity contribution is 5.93. The van der Waals surface area contributed by atoms with E-state index in [9.17, 15) is 4.79 Å². The molecule has 132 valence electrons. The summed E-state index contributed by atoms with van der Waals surface area (Å²) in [6, 6.07) is 8.04. The van der Waals surface area contributed by atoms with Crippen LogP contribution in [0.1, 0.15) is 41.5 Å². The number of rotatable bonds is 5. The zero-order valence-corrected chi connectivity index (χ0v) is 14.9. The Hall–Kier alpha value is -2.43. The molecule has 1 atom stereocenters. The van der Waals surface area contributed by atoms with Gasteiger partial charge >= 0.3 is 0 Å². The minimum Gasteiger partial charge on any atom is -0.493 e. The number of hydrogen-bond donors (Lipinski definition) is 0. The van der Waals surface area contributed by atoms with Gasteiger partial charge in [-0.2, -0.15) is 0 Å². The number of aryl methyl sites for hydroxylation is 2. The number of benzene rings is 1. The van der Waals surface area contributed by atoms with E-state index in [1.165, 1.54) is 0 Å². The molecule has 0 spiro atoms. The molecule has 5 nitrogen and oxygen atoms in total. The molecule has 2 heterocycles. The van der Waals surface area contributed by atoms with Crippen molar-refractivity contribution in [2.75, 3.05) is 19.7 Å². The van der Waals surface area contributed by atoms with Crippen molar-refractivity contribution >= 4 is 5.91 Å². The molecule has 5 heteroatoms. The summed E-state index contributed by atoms with van der Waals surface area (Å²) in [4.78, 5) is 23.0. The Labute approximate surface area is 149 Å². The van der Waals surface area contributed by atoms with Gasteiger partial charge in [-0.15, -0.1) is 0 Å². The average molecular weight is 339 g/mol. The fraction of sp³-hybridized carbons (Fsp3) is 0.450. The Morgan fingerprint density at radius 2 is 2.04 bits per heavy atom. The third-order valence-corrected chi connectivity index (χ3v) is 4.64. The number of piperidine rings is 1. The van der Waals surface area contributed by atoms with E-state index in [2.05, 4.69) is 9.97 Å². The summed E-state index contributed by atoms with van der Waals surface area (Å²) in [6.45, 7) is 6.20. The summed E-state index contributed by atoms with van der Waals surface area (Å²) in [7, 11) is 0. The van der Waals surface area contributed by atoms with Crippen LogP contribution in [0, 0.1) is 12.8 Å². The number of nitrogens with zero attached hydrogens (tertiary/aromatic N) is 3. The number of amides is 1. The van der Waals surface area contributed by atoms with E-state index in [4.69, 9.17) is 4.74 Å². The van der Waals surface area contributed by atoms with Gasteiger partial charge in [-0.1, -0.05) is 25.1 Å². The Balaban J connectivity index is 1.58. The average Bonchev–Trinajstić information content (AvgIpc) is 2.67. The van der Waals surface area contributed by atoms with E-state index in [1.807, 2.05) is 43.0 Å². The SMILES string of the molecule is CCc1ncc(C(=O)N2CCC[C@H](COc3ccccc3C)C2)cn1. The number of carbonyl (C=O) groups is 1. The van der Waals surface area contributed by atoms with E-state index in [-0.39, 0.29) is 5.91 Å². The van der Waals surface area contributed by atoms with Crippen molar-refractivity contribution in [3.05, 3.63) is 53.6 Å². The summed E-state index contributed by atoms with van der Waals surface area (Å²) in [5, 5.41) is 0. The van der Waals surface area contributed by atoms with Gasteiger partial charge in [-0.3, -0.25) is 4.79 Å². The van der Waals surface area contributed by atoms with Crippen LogP contribution in [0.15, 0.2) is 36.7 Å². The summed E-state index contributed by atoms with van der Waals surface area (Å²) < 4.78 is 5.98. The highest BCUT2D eigenvalue weighted by atomic mass is 16.5. The van der Waals surface area contributed by atoms with Crippen molar-refractivity contribution < 1.29 is 9.53 Å². The molecule has 1 saturated heterocycles. The Kier molecular flexibility index (Phi) is 5.64. The number of para-hydroxylation sites is 1. The molecule has 0 N–H and O–H groups in total. The lowest BCUT2D eigenvalue weighted by Crippen LogP contribution is -2.41. The third kappa shape index (κ3) is 4.35. The van der Waals surface area contributed by atoms with Gasteiger partial charge in [0.05, 0.1) is 12.2 Å². The molecule has 2 aromatic rings. The van der Waals surface area contributed by atoms with Gasteiger partial charge in [-0.25, -0.2) is 9.97 Å². The van der Waals surface area contributed by atoms with Gasteiger partial charge in [0.2, 0.25) is 0 Å². The first-order chi connectivity index (χ1) is 12.2. The molecule has 0 bridgehead atoms. The monoisotopic (exact) mass is 339 g/mol. The van der Waals surface area contributed by atoms with Crippen LogP contribution in [-0.4, -0.2) is 40.5 Å². The van der Waals surface area contributed by atoms with E-state index in [0.717, 1.165) is 49.5 Å². The van der Waals surface area contributed by atoms with Crippen LogP contribution in [0.2, 0.25) is 0 Å². The van der Waals surface area contributed by atoms with Crippen LogP contribution in [0.25, 0.3) is 0 Å². The zero-order valence-electron chi connectivity index (χ0n) is 14.9. The number of hydrogen-bond acceptors (Lipinski definition) is 4. The standard InChI is InChI=1S/C20H25N3O2/c1-3-19-21-11-17(12-22-19)20(24)23-10-6-8-16(13-23)14-25-18-9-5-4-7-15(18)2/h4-5,7,9,11-12,16H,3,6,8,10,13-14H2,1-2H3/t16-/m0/s1. The maximum absolute atomic E-state index is 12.7. The minimum atomic E-state index is 0.0169. The van der Waals surface area contributed by atoms with Crippen LogP contribution < -0.4 is 4.74 Å². The van der Waals surface area contributed by atoms with Crippen LogP contribution in [0.3, 0.4) is 0 Å². The maximum Gasteiger partial charge on any atom is 0.257 e. The lowest BCUT2D eigenvalue weighted by atomic mass is 9.98. The molecule has 1 aliphatic heterocycles. The fourth-order valence-electron chi connectivity index (χ4n) is 3.14. The quantitative estimate of drug-likeness (QED) is 0.839. The van der Waals surface area contributed by atoms with Crippen LogP contribution in [0.5, 0.6) is 5.75 Å². The largest absolute Gasteiger partial charge is 0.493 e. The number of likely N-dealkylation sites (tertiary alicyclic amines) is 1. The molecule has 0 unspecified atom stereocenters. The highest BCUT2D eigenvalue weighted by Crippen LogP contribution is 2.22. The Morgan fingerprint density at radius 3 is 2.76 bits per heavy atom. The molecule has 1 fully saturated rings. The second kappa shape index (κ2) is 8.10. The minimum absolute atomic E-state index is 0.0169. The molecular weight excluding hydrogens is 314 g/mol. The summed E-state index contributed by atoms with van der Waals surface area (Å²) in [5.41, 5.74) is 1.71. The first-order valence-corrected chi connectivity index (χ1v) is 8.96. The number of carbonyl (C=O) groups excluding carboxylic acids is 1. The van der Waals surface area contributed by atoms with Gasteiger partial charge in [0, 0.05) is 37.8 Å². The molecule has 1 aromatic heterocycles. The maximum atomic E-state index is 12.7. The molecule has 25 heavy (non-hydrogen) atoms. The van der Waals surface area contributed by atoms with Gasteiger partial charge in [-0.05, 0) is 31.4 Å². The summed E-state index contributed by atoms with van der Waals surface area (Å²) >= 11 is 0. The Bertz CT molecular complexity index is 715.